The van der Waals surface area contributed by atoms with Crippen molar-refractivity contribution < 1.29 is 9.59 Å². The third-order valence-electron chi connectivity index (χ3n) is 3.49. The van der Waals surface area contributed by atoms with Crippen LogP contribution in [0.5, 0.6) is 0 Å². The van der Waals surface area contributed by atoms with Crippen molar-refractivity contribution in [2.24, 2.45) is 5.92 Å². The Morgan fingerprint density at radius 3 is 2.48 bits per heavy atom. The summed E-state index contributed by atoms with van der Waals surface area (Å²) < 4.78 is 0. The van der Waals surface area contributed by atoms with Gasteiger partial charge in [-0.15, -0.1) is 0 Å². The second kappa shape index (κ2) is 8.67. The van der Waals surface area contributed by atoms with Gasteiger partial charge in [-0.25, -0.2) is 0 Å². The van der Waals surface area contributed by atoms with Gasteiger partial charge in [0.15, 0.2) is 0 Å². The van der Waals surface area contributed by atoms with Crippen LogP contribution in [0.4, 0.5) is 5.69 Å². The normalized spacial score (nSPS) is 10.5. The number of amides is 2. The van der Waals surface area contributed by atoms with E-state index in [1.165, 1.54) is 6.92 Å². The molecule has 1 aromatic rings. The minimum Gasteiger partial charge on any atom is -0.354 e. The fourth-order valence-corrected chi connectivity index (χ4v) is 2.39. The first-order valence-electron chi connectivity index (χ1n) is 7.30. The molecular weight excluding hydrogens is 288 g/mol. The van der Waals surface area contributed by atoms with E-state index in [4.69, 9.17) is 11.6 Å². The summed E-state index contributed by atoms with van der Waals surface area (Å²) in [7, 11) is 0. The molecule has 0 fully saturated rings. The highest BCUT2D eigenvalue weighted by atomic mass is 35.5. The zero-order valence-electron chi connectivity index (χ0n) is 12.9. The van der Waals surface area contributed by atoms with Crippen LogP contribution >= 0.6 is 11.6 Å². The number of nitrogens with one attached hydrogen (secondary N) is 1. The molecule has 1 aromatic carbocycles. The molecule has 0 aliphatic carbocycles. The molecule has 1 N–H and O–H groups in total. The number of carbonyl (C=O) groups excluding carboxylic acids is 2. The fraction of sp³-hybridized carbons (Fsp3) is 0.500. The summed E-state index contributed by atoms with van der Waals surface area (Å²) in [5.41, 5.74) is 0.742. The Balaban J connectivity index is 2.61. The molecule has 0 heterocycles. The standard InChI is InChI=1S/C16H23ClN2O2/c1-4-13(5-2)16(21)18-9-10-19(12(3)20)15-8-6-7-14(17)11-15/h6-8,11,13H,4-5,9-10H2,1-3H3,(H,18,21). The molecule has 4 nitrogen and oxygen atoms in total. The van der Waals surface area contributed by atoms with Gasteiger partial charge >= 0.3 is 0 Å². The zero-order valence-corrected chi connectivity index (χ0v) is 13.6. The quantitative estimate of drug-likeness (QED) is 0.840. The number of nitrogens with zero attached hydrogens (tertiary/aromatic N) is 1. The van der Waals surface area contributed by atoms with Gasteiger partial charge in [-0.3, -0.25) is 9.59 Å². The predicted octanol–water partition coefficient (Wildman–Crippen LogP) is 3.25. The first-order valence-corrected chi connectivity index (χ1v) is 7.68. The molecule has 116 valence electrons. The molecule has 0 saturated carbocycles. The lowest BCUT2D eigenvalue weighted by Gasteiger charge is -2.22. The number of hydrogen-bond donors (Lipinski definition) is 1. The largest absolute Gasteiger partial charge is 0.354 e. The van der Waals surface area contributed by atoms with Crippen LogP contribution in [0, 0.1) is 5.92 Å². The Morgan fingerprint density at radius 1 is 1.29 bits per heavy atom. The van der Waals surface area contributed by atoms with Crippen molar-refractivity contribution in [3.05, 3.63) is 29.3 Å². The van der Waals surface area contributed by atoms with Crippen LogP contribution in [0.3, 0.4) is 0 Å². The second-order valence-electron chi connectivity index (χ2n) is 4.95. The van der Waals surface area contributed by atoms with Gasteiger partial charge in [0.2, 0.25) is 11.8 Å². The van der Waals surface area contributed by atoms with E-state index in [9.17, 15) is 9.59 Å². The molecule has 0 unspecified atom stereocenters. The van der Waals surface area contributed by atoms with Gasteiger partial charge in [0.25, 0.3) is 0 Å². The van der Waals surface area contributed by atoms with E-state index in [-0.39, 0.29) is 17.7 Å². The Labute approximate surface area is 131 Å². The Hall–Kier alpha value is -1.55. The topological polar surface area (TPSA) is 49.4 Å². The van der Waals surface area contributed by atoms with Gasteiger partial charge in [-0.05, 0) is 31.0 Å². The number of hydrogen-bond acceptors (Lipinski definition) is 2. The predicted molar refractivity (Wildman–Crippen MR) is 86.6 cm³/mol. The van der Waals surface area contributed by atoms with Crippen molar-refractivity contribution in [1.29, 1.82) is 0 Å². The molecule has 0 aromatic heterocycles. The molecule has 0 aliphatic rings. The monoisotopic (exact) mass is 310 g/mol. The number of rotatable bonds is 7. The van der Waals surface area contributed by atoms with Crippen LogP contribution in [-0.4, -0.2) is 24.9 Å². The van der Waals surface area contributed by atoms with E-state index in [1.807, 2.05) is 19.9 Å². The first kappa shape index (κ1) is 17.5. The summed E-state index contributed by atoms with van der Waals surface area (Å²) in [6.45, 7) is 6.37. The van der Waals surface area contributed by atoms with Gasteiger partial charge in [-0.1, -0.05) is 31.5 Å². The molecular formula is C16H23ClN2O2. The fourth-order valence-electron chi connectivity index (χ4n) is 2.21. The Morgan fingerprint density at radius 2 is 1.95 bits per heavy atom. The van der Waals surface area contributed by atoms with Crippen LogP contribution < -0.4 is 10.2 Å². The third-order valence-corrected chi connectivity index (χ3v) is 3.73. The van der Waals surface area contributed by atoms with Crippen LogP contribution in [0.1, 0.15) is 33.6 Å². The van der Waals surface area contributed by atoms with Gasteiger partial charge in [0.1, 0.15) is 0 Å². The highest BCUT2D eigenvalue weighted by Gasteiger charge is 2.15. The van der Waals surface area contributed by atoms with Gasteiger partial charge in [0, 0.05) is 36.6 Å². The third kappa shape index (κ3) is 5.38. The molecule has 0 aliphatic heterocycles. The maximum absolute atomic E-state index is 11.9. The minimum absolute atomic E-state index is 0.0435. The van der Waals surface area contributed by atoms with Gasteiger partial charge in [-0.2, -0.15) is 0 Å². The summed E-state index contributed by atoms with van der Waals surface area (Å²) in [6.07, 6.45) is 1.65. The van der Waals surface area contributed by atoms with E-state index in [1.54, 1.807) is 23.1 Å². The minimum atomic E-state index is -0.0750. The maximum atomic E-state index is 11.9. The number of halogens is 1. The SMILES string of the molecule is CCC(CC)C(=O)NCCN(C(C)=O)c1cccc(Cl)c1. The number of benzene rings is 1. The van der Waals surface area contributed by atoms with E-state index in [0.29, 0.717) is 18.1 Å². The summed E-state index contributed by atoms with van der Waals surface area (Å²) in [5.74, 6) is 0.0191. The van der Waals surface area contributed by atoms with E-state index < -0.39 is 0 Å². The number of carbonyl (C=O) groups is 2. The molecule has 0 saturated heterocycles. The Kier molecular flexibility index (Phi) is 7.23. The second-order valence-corrected chi connectivity index (χ2v) is 5.39. The van der Waals surface area contributed by atoms with E-state index in [0.717, 1.165) is 18.5 Å². The van der Waals surface area contributed by atoms with Crippen molar-refractivity contribution in [3.8, 4) is 0 Å². The van der Waals surface area contributed by atoms with Crippen molar-refractivity contribution >= 4 is 29.1 Å². The summed E-state index contributed by atoms with van der Waals surface area (Å²) in [6, 6.07) is 7.14. The van der Waals surface area contributed by atoms with E-state index >= 15 is 0 Å². The van der Waals surface area contributed by atoms with Crippen molar-refractivity contribution in [3.63, 3.8) is 0 Å². The molecule has 0 bridgehead atoms. The van der Waals surface area contributed by atoms with E-state index in [2.05, 4.69) is 5.32 Å². The highest BCUT2D eigenvalue weighted by Crippen LogP contribution is 2.19. The van der Waals surface area contributed by atoms with Crippen LogP contribution in [-0.2, 0) is 9.59 Å². The summed E-state index contributed by atoms with van der Waals surface area (Å²) >= 11 is 5.95. The maximum Gasteiger partial charge on any atom is 0.223 e. The van der Waals surface area contributed by atoms with Crippen LogP contribution in [0.25, 0.3) is 0 Å². The molecule has 2 amide bonds. The Bertz CT molecular complexity index is 487. The average molecular weight is 311 g/mol. The van der Waals surface area contributed by atoms with Crippen molar-refractivity contribution in [1.82, 2.24) is 5.32 Å². The van der Waals surface area contributed by atoms with Crippen LogP contribution in [0.2, 0.25) is 5.02 Å². The lowest BCUT2D eigenvalue weighted by atomic mass is 10.0. The molecule has 0 radical (unpaired) electrons. The summed E-state index contributed by atoms with van der Waals surface area (Å²) in [4.78, 5) is 25.3. The highest BCUT2D eigenvalue weighted by molar-refractivity contribution is 6.30. The van der Waals surface area contributed by atoms with Crippen molar-refractivity contribution in [2.45, 2.75) is 33.6 Å². The van der Waals surface area contributed by atoms with Gasteiger partial charge in [0.05, 0.1) is 0 Å². The molecule has 0 atom stereocenters. The molecule has 0 spiro atoms. The smallest absolute Gasteiger partial charge is 0.223 e. The zero-order chi connectivity index (χ0) is 15.8. The summed E-state index contributed by atoms with van der Waals surface area (Å²) in [5, 5.41) is 3.47. The first-order chi connectivity index (χ1) is 9.99. The molecule has 1 rings (SSSR count). The van der Waals surface area contributed by atoms with Gasteiger partial charge < -0.3 is 10.2 Å². The lowest BCUT2D eigenvalue weighted by Crippen LogP contribution is -2.39. The number of anilines is 1. The molecule has 21 heavy (non-hydrogen) atoms. The van der Waals surface area contributed by atoms with Crippen molar-refractivity contribution in [2.75, 3.05) is 18.0 Å². The lowest BCUT2D eigenvalue weighted by molar-refractivity contribution is -0.125. The molecule has 5 heteroatoms. The van der Waals surface area contributed by atoms with Crippen LogP contribution in [0.15, 0.2) is 24.3 Å². The average Bonchev–Trinajstić information content (AvgIpc) is 2.44.